The summed E-state index contributed by atoms with van der Waals surface area (Å²) in [5.74, 6) is -1.15. The molecule has 150 valence electrons. The van der Waals surface area contributed by atoms with Gasteiger partial charge in [-0.05, 0) is 43.4 Å². The second-order valence-corrected chi connectivity index (χ2v) is 6.09. The molecule has 0 spiro atoms. The highest BCUT2D eigenvalue weighted by atomic mass is 16.5. The molecule has 7 heteroatoms. The van der Waals surface area contributed by atoms with Crippen molar-refractivity contribution in [3.8, 4) is 5.75 Å². The molecule has 0 fully saturated rings. The second-order valence-electron chi connectivity index (χ2n) is 6.09. The van der Waals surface area contributed by atoms with E-state index in [1.54, 1.807) is 41.5 Å². The van der Waals surface area contributed by atoms with Gasteiger partial charge in [-0.2, -0.15) is 0 Å². The van der Waals surface area contributed by atoms with Crippen LogP contribution in [0, 0.1) is 0 Å². The van der Waals surface area contributed by atoms with Crippen molar-refractivity contribution in [3.05, 3.63) is 59.5 Å². The zero-order valence-electron chi connectivity index (χ0n) is 16.6. The Morgan fingerprint density at radius 2 is 1.75 bits per heavy atom. The predicted octanol–water partition coefficient (Wildman–Crippen LogP) is 2.72. The number of methoxy groups -OCH3 is 2. The van der Waals surface area contributed by atoms with Gasteiger partial charge in [0, 0.05) is 24.0 Å². The molecule has 1 heterocycles. The lowest BCUT2D eigenvalue weighted by Gasteiger charge is -2.25. The first-order valence-electron chi connectivity index (χ1n) is 9.06. The Balaban J connectivity index is 2.57. The van der Waals surface area contributed by atoms with Gasteiger partial charge in [-0.3, -0.25) is 4.90 Å². The third kappa shape index (κ3) is 4.61. The topological polar surface area (TPSA) is 79.3 Å². The smallest absolute Gasteiger partial charge is 0.355 e. The quantitative estimate of drug-likeness (QED) is 0.722. The molecule has 0 unspecified atom stereocenters. The number of nitrogens with zero attached hydrogens (tertiary/aromatic N) is 2. The van der Waals surface area contributed by atoms with Gasteiger partial charge in [0.25, 0.3) is 0 Å². The summed E-state index contributed by atoms with van der Waals surface area (Å²) in [6.45, 7) is 6.34. The highest BCUT2D eigenvalue weighted by Gasteiger charge is 2.27. The number of hydrogen-bond donors (Lipinski definition) is 1. The highest BCUT2D eigenvalue weighted by molar-refractivity contribution is 6.05. The molecule has 1 aromatic rings. The van der Waals surface area contributed by atoms with Crippen LogP contribution in [0.3, 0.4) is 0 Å². The van der Waals surface area contributed by atoms with Gasteiger partial charge in [-0.1, -0.05) is 19.9 Å². The maximum atomic E-state index is 12.5. The molecule has 0 saturated carbocycles. The summed E-state index contributed by atoms with van der Waals surface area (Å²) < 4.78 is 9.73. The van der Waals surface area contributed by atoms with E-state index in [9.17, 15) is 14.7 Å². The number of aromatic hydroxyl groups is 1. The Morgan fingerprint density at radius 3 is 2.36 bits per heavy atom. The van der Waals surface area contributed by atoms with Crippen molar-refractivity contribution in [2.45, 2.75) is 20.4 Å². The summed E-state index contributed by atoms with van der Waals surface area (Å²) >= 11 is 0. The van der Waals surface area contributed by atoms with Crippen LogP contribution in [0.4, 0.5) is 5.69 Å². The van der Waals surface area contributed by atoms with Crippen molar-refractivity contribution in [1.82, 2.24) is 4.90 Å². The lowest BCUT2D eigenvalue weighted by atomic mass is 10.1. The Kier molecular flexibility index (Phi) is 7.40. The van der Waals surface area contributed by atoms with Crippen LogP contribution in [0.5, 0.6) is 5.75 Å². The van der Waals surface area contributed by atoms with Gasteiger partial charge in [-0.25, -0.2) is 9.59 Å². The van der Waals surface area contributed by atoms with Gasteiger partial charge in [0.1, 0.15) is 11.4 Å². The van der Waals surface area contributed by atoms with E-state index in [1.807, 2.05) is 13.8 Å². The van der Waals surface area contributed by atoms with Crippen molar-refractivity contribution in [1.29, 1.82) is 0 Å². The zero-order valence-corrected chi connectivity index (χ0v) is 16.6. The summed E-state index contributed by atoms with van der Waals surface area (Å²) in [4.78, 5) is 28.5. The minimum Gasteiger partial charge on any atom is -0.508 e. The molecule has 0 bridgehead atoms. The average Bonchev–Trinajstić information content (AvgIpc) is 2.95. The highest BCUT2D eigenvalue weighted by Crippen LogP contribution is 2.30. The van der Waals surface area contributed by atoms with Gasteiger partial charge in [0.05, 0.1) is 19.8 Å². The lowest BCUT2D eigenvalue weighted by molar-refractivity contribution is -0.139. The van der Waals surface area contributed by atoms with E-state index in [4.69, 9.17) is 9.47 Å². The van der Waals surface area contributed by atoms with E-state index < -0.39 is 11.9 Å². The number of phenols is 1. The minimum absolute atomic E-state index is 0.0406. The number of phenolic OH excluding ortho intramolecular Hbond substituents is 1. The number of allylic oxidation sites excluding steroid dienone is 2. The van der Waals surface area contributed by atoms with Crippen molar-refractivity contribution < 1.29 is 24.2 Å². The average molecular weight is 386 g/mol. The number of carbonyl (C=O) groups excluding carboxylic acids is 2. The molecule has 0 saturated heterocycles. The van der Waals surface area contributed by atoms with Crippen molar-refractivity contribution >= 4 is 17.6 Å². The van der Waals surface area contributed by atoms with Gasteiger partial charge in [0.15, 0.2) is 0 Å². The number of rotatable bonds is 7. The van der Waals surface area contributed by atoms with E-state index in [1.165, 1.54) is 20.3 Å². The molecular formula is C21H26N2O5. The molecule has 0 amide bonds. The van der Waals surface area contributed by atoms with E-state index in [0.29, 0.717) is 12.2 Å². The minimum atomic E-state index is -0.671. The lowest BCUT2D eigenvalue weighted by Crippen LogP contribution is -2.27. The summed E-state index contributed by atoms with van der Waals surface area (Å²) in [5.41, 5.74) is 1.45. The number of ether oxygens (including phenoxy) is 2. The number of benzene rings is 1. The normalized spacial score (nSPS) is 13.7. The zero-order chi connectivity index (χ0) is 20.7. The number of esters is 2. The van der Waals surface area contributed by atoms with E-state index >= 15 is 0 Å². The van der Waals surface area contributed by atoms with Gasteiger partial charge >= 0.3 is 11.9 Å². The first-order chi connectivity index (χ1) is 13.5. The number of carbonyl (C=O) groups is 2. The molecule has 1 aliphatic heterocycles. The Hall–Kier alpha value is -3.06. The fraction of sp³-hybridized carbons (Fsp3) is 0.333. The maximum Gasteiger partial charge on any atom is 0.355 e. The van der Waals surface area contributed by atoms with Crippen LogP contribution in [-0.4, -0.2) is 49.3 Å². The maximum absolute atomic E-state index is 12.5. The third-order valence-electron chi connectivity index (χ3n) is 4.52. The van der Waals surface area contributed by atoms with E-state index in [-0.39, 0.29) is 17.0 Å². The van der Waals surface area contributed by atoms with E-state index in [0.717, 1.165) is 18.7 Å². The fourth-order valence-electron chi connectivity index (χ4n) is 2.90. The van der Waals surface area contributed by atoms with Crippen molar-refractivity contribution in [3.63, 3.8) is 0 Å². The first-order valence-corrected chi connectivity index (χ1v) is 9.06. The molecule has 2 rings (SSSR count). The molecule has 0 aliphatic carbocycles. The van der Waals surface area contributed by atoms with Crippen LogP contribution < -0.4 is 4.90 Å². The van der Waals surface area contributed by atoms with Crippen LogP contribution in [0.2, 0.25) is 0 Å². The molecular weight excluding hydrogens is 360 g/mol. The van der Waals surface area contributed by atoms with Crippen LogP contribution in [0.1, 0.15) is 19.4 Å². The standard InChI is InChI=1S/C21H26N2O5/c1-5-22(6-2)14-15-13-16(10-11-18(15)24)23-12-8-7-9-17(20(25)27-3)19(23)21(26)28-4/h7-13,24H,5-6,14H2,1-4H3. The Morgan fingerprint density at radius 1 is 1.07 bits per heavy atom. The molecule has 0 aromatic heterocycles. The van der Waals surface area contributed by atoms with Crippen LogP contribution in [0.25, 0.3) is 0 Å². The number of anilines is 1. The molecule has 7 nitrogen and oxygen atoms in total. The van der Waals surface area contributed by atoms with Crippen molar-refractivity contribution in [2.75, 3.05) is 32.2 Å². The molecule has 1 N–H and O–H groups in total. The molecule has 0 radical (unpaired) electrons. The third-order valence-corrected chi connectivity index (χ3v) is 4.52. The fourth-order valence-corrected chi connectivity index (χ4v) is 2.90. The van der Waals surface area contributed by atoms with Crippen LogP contribution in [0.15, 0.2) is 53.9 Å². The SMILES string of the molecule is CCN(CC)Cc1cc(N2C=CC=CC(C(=O)OC)=C2C(=O)OC)ccc1O. The molecule has 1 aromatic carbocycles. The van der Waals surface area contributed by atoms with Gasteiger partial charge in [0.2, 0.25) is 0 Å². The second kappa shape index (κ2) is 9.75. The van der Waals surface area contributed by atoms with Gasteiger partial charge < -0.3 is 19.5 Å². The van der Waals surface area contributed by atoms with Crippen molar-refractivity contribution in [2.24, 2.45) is 0 Å². The largest absolute Gasteiger partial charge is 0.508 e. The first kappa shape index (κ1) is 21.2. The summed E-state index contributed by atoms with van der Waals surface area (Å²) in [6.07, 6.45) is 6.51. The summed E-state index contributed by atoms with van der Waals surface area (Å²) in [6, 6.07) is 5.04. The number of hydrogen-bond acceptors (Lipinski definition) is 7. The van der Waals surface area contributed by atoms with Crippen LogP contribution in [-0.2, 0) is 25.6 Å². The molecule has 0 atom stereocenters. The predicted molar refractivity (Wildman–Crippen MR) is 107 cm³/mol. The van der Waals surface area contributed by atoms with E-state index in [2.05, 4.69) is 4.90 Å². The molecule has 28 heavy (non-hydrogen) atoms. The Bertz CT molecular complexity index is 822. The monoisotopic (exact) mass is 386 g/mol. The van der Waals surface area contributed by atoms with Crippen LogP contribution >= 0.6 is 0 Å². The Labute approximate surface area is 165 Å². The summed E-state index contributed by atoms with van der Waals surface area (Å²) in [7, 11) is 2.51. The summed E-state index contributed by atoms with van der Waals surface area (Å²) in [5, 5.41) is 10.3. The molecule has 1 aliphatic rings. The van der Waals surface area contributed by atoms with Gasteiger partial charge in [-0.15, -0.1) is 0 Å².